The lowest BCUT2D eigenvalue weighted by atomic mass is 9.98. The molecule has 0 spiro atoms. The Kier molecular flexibility index (Phi) is 5.51. The zero-order chi connectivity index (χ0) is 16.8. The van der Waals surface area contributed by atoms with Gasteiger partial charge in [-0.2, -0.15) is 0 Å². The quantitative estimate of drug-likeness (QED) is 0.619. The van der Waals surface area contributed by atoms with Gasteiger partial charge in [-0.05, 0) is 43.0 Å². The second kappa shape index (κ2) is 7.58. The number of ether oxygens (including phenoxy) is 1. The summed E-state index contributed by atoms with van der Waals surface area (Å²) in [6.45, 7) is 4.63. The van der Waals surface area contributed by atoms with Gasteiger partial charge >= 0.3 is 0 Å². The molecule has 0 aliphatic carbocycles. The van der Waals surface area contributed by atoms with E-state index in [-0.39, 0.29) is 5.69 Å². The van der Waals surface area contributed by atoms with E-state index >= 15 is 0 Å². The van der Waals surface area contributed by atoms with Crippen LogP contribution in [-0.2, 0) is 0 Å². The van der Waals surface area contributed by atoms with E-state index in [0.717, 1.165) is 18.7 Å². The van der Waals surface area contributed by atoms with Crippen molar-refractivity contribution in [3.05, 3.63) is 57.8 Å². The van der Waals surface area contributed by atoms with Gasteiger partial charge < -0.3 is 10.1 Å². The Morgan fingerprint density at radius 1 is 1.35 bits per heavy atom. The fraction of sp³-hybridized carbons (Fsp3) is 0.353. The van der Waals surface area contributed by atoms with Crippen LogP contribution in [0.15, 0.2) is 36.5 Å². The third kappa shape index (κ3) is 4.42. The van der Waals surface area contributed by atoms with Gasteiger partial charge in [0, 0.05) is 12.1 Å². The summed E-state index contributed by atoms with van der Waals surface area (Å²) in [4.78, 5) is 14.4. The van der Waals surface area contributed by atoms with Crippen molar-refractivity contribution in [3.63, 3.8) is 0 Å². The fourth-order valence-electron chi connectivity index (χ4n) is 2.35. The fourth-order valence-corrected chi connectivity index (χ4v) is 2.35. The molecule has 2 rings (SSSR count). The van der Waals surface area contributed by atoms with E-state index in [2.05, 4.69) is 29.4 Å². The van der Waals surface area contributed by atoms with Crippen molar-refractivity contribution in [2.45, 2.75) is 26.2 Å². The van der Waals surface area contributed by atoms with E-state index in [9.17, 15) is 10.1 Å². The summed E-state index contributed by atoms with van der Waals surface area (Å²) in [5.74, 6) is 1.91. The van der Waals surface area contributed by atoms with Gasteiger partial charge in [-0.25, -0.2) is 4.98 Å². The Morgan fingerprint density at radius 3 is 2.61 bits per heavy atom. The van der Waals surface area contributed by atoms with Crippen molar-refractivity contribution in [2.75, 3.05) is 19.0 Å². The highest BCUT2D eigenvalue weighted by molar-refractivity contribution is 5.46. The largest absolute Gasteiger partial charge is 0.497 e. The minimum atomic E-state index is -0.419. The number of hydrogen-bond acceptors (Lipinski definition) is 5. The SMILES string of the molecule is COc1ccc(C(C)CCNc2cc(C)c([N+](=O)[O-])cn2)cc1. The summed E-state index contributed by atoms with van der Waals surface area (Å²) in [5, 5.41) is 14.0. The van der Waals surface area contributed by atoms with Crippen molar-refractivity contribution < 1.29 is 9.66 Å². The number of aromatic nitrogens is 1. The molecule has 0 aliphatic heterocycles. The van der Waals surface area contributed by atoms with Gasteiger partial charge in [0.05, 0.1) is 12.0 Å². The van der Waals surface area contributed by atoms with Crippen LogP contribution in [0, 0.1) is 17.0 Å². The van der Waals surface area contributed by atoms with Crippen molar-refractivity contribution >= 4 is 11.5 Å². The molecule has 1 heterocycles. The Bertz CT molecular complexity index is 671. The minimum Gasteiger partial charge on any atom is -0.497 e. The topological polar surface area (TPSA) is 77.3 Å². The van der Waals surface area contributed by atoms with Gasteiger partial charge in [-0.15, -0.1) is 0 Å². The Balaban J connectivity index is 1.88. The van der Waals surface area contributed by atoms with Crippen molar-refractivity contribution in [1.82, 2.24) is 4.98 Å². The molecule has 1 unspecified atom stereocenters. The number of methoxy groups -OCH3 is 1. The number of rotatable bonds is 7. The molecule has 1 aromatic heterocycles. The Hall–Kier alpha value is -2.63. The van der Waals surface area contributed by atoms with Crippen molar-refractivity contribution in [2.24, 2.45) is 0 Å². The monoisotopic (exact) mass is 315 g/mol. The van der Waals surface area contributed by atoms with Gasteiger partial charge in [0.1, 0.15) is 17.8 Å². The number of nitro groups is 1. The number of nitrogens with zero attached hydrogens (tertiary/aromatic N) is 2. The summed E-state index contributed by atoms with van der Waals surface area (Å²) in [7, 11) is 1.65. The van der Waals surface area contributed by atoms with E-state index < -0.39 is 4.92 Å². The number of benzene rings is 1. The highest BCUT2D eigenvalue weighted by Crippen LogP contribution is 2.22. The van der Waals surface area contributed by atoms with Crippen LogP contribution in [0.3, 0.4) is 0 Å². The minimum absolute atomic E-state index is 0.0437. The normalized spacial score (nSPS) is 11.8. The second-order valence-corrected chi connectivity index (χ2v) is 5.50. The van der Waals surface area contributed by atoms with Gasteiger partial charge in [0.15, 0.2) is 0 Å². The first-order valence-electron chi connectivity index (χ1n) is 7.50. The van der Waals surface area contributed by atoms with Crippen LogP contribution in [0.25, 0.3) is 0 Å². The summed E-state index contributed by atoms with van der Waals surface area (Å²) in [5.41, 5.74) is 1.90. The zero-order valence-electron chi connectivity index (χ0n) is 13.6. The molecule has 1 aromatic carbocycles. The molecule has 2 aromatic rings. The number of pyridine rings is 1. The van der Waals surface area contributed by atoms with E-state index in [1.165, 1.54) is 11.8 Å². The molecule has 0 saturated heterocycles. The molecule has 0 aliphatic rings. The van der Waals surface area contributed by atoms with Crippen LogP contribution in [-0.4, -0.2) is 23.6 Å². The van der Waals surface area contributed by atoms with Gasteiger partial charge in [0.2, 0.25) is 0 Å². The molecule has 0 bridgehead atoms. The van der Waals surface area contributed by atoms with Crippen LogP contribution in [0.4, 0.5) is 11.5 Å². The smallest absolute Gasteiger partial charge is 0.290 e. The first-order valence-corrected chi connectivity index (χ1v) is 7.50. The molecular weight excluding hydrogens is 294 g/mol. The molecule has 0 fully saturated rings. The van der Waals surface area contributed by atoms with Crippen LogP contribution in [0.5, 0.6) is 5.75 Å². The standard InChI is InChI=1S/C17H21N3O3/c1-12(14-4-6-15(23-3)7-5-14)8-9-18-17-10-13(2)16(11-19-17)20(21)22/h4-7,10-12H,8-9H2,1-3H3,(H,18,19). The van der Waals surface area contributed by atoms with Crippen LogP contribution < -0.4 is 10.1 Å². The van der Waals surface area contributed by atoms with Crippen molar-refractivity contribution in [1.29, 1.82) is 0 Å². The maximum Gasteiger partial charge on any atom is 0.290 e. The first-order chi connectivity index (χ1) is 11.0. The van der Waals surface area contributed by atoms with Crippen LogP contribution in [0.2, 0.25) is 0 Å². The Labute approximate surface area is 135 Å². The van der Waals surface area contributed by atoms with Gasteiger partial charge in [0.25, 0.3) is 5.69 Å². The Morgan fingerprint density at radius 2 is 2.04 bits per heavy atom. The molecule has 122 valence electrons. The van der Waals surface area contributed by atoms with Gasteiger partial charge in [-0.1, -0.05) is 19.1 Å². The highest BCUT2D eigenvalue weighted by atomic mass is 16.6. The summed E-state index contributed by atoms with van der Waals surface area (Å²) in [6.07, 6.45) is 2.23. The van der Waals surface area contributed by atoms with E-state index in [1.807, 2.05) is 12.1 Å². The molecule has 6 heteroatoms. The van der Waals surface area contributed by atoms with Crippen LogP contribution in [0.1, 0.15) is 30.4 Å². The van der Waals surface area contributed by atoms with E-state index in [1.54, 1.807) is 20.1 Å². The second-order valence-electron chi connectivity index (χ2n) is 5.50. The number of nitrogens with one attached hydrogen (secondary N) is 1. The molecule has 0 radical (unpaired) electrons. The molecule has 1 N–H and O–H groups in total. The molecule has 23 heavy (non-hydrogen) atoms. The lowest BCUT2D eigenvalue weighted by Gasteiger charge is -2.13. The van der Waals surface area contributed by atoms with E-state index in [4.69, 9.17) is 4.74 Å². The third-order valence-corrected chi connectivity index (χ3v) is 3.85. The lowest BCUT2D eigenvalue weighted by molar-refractivity contribution is -0.385. The van der Waals surface area contributed by atoms with Crippen molar-refractivity contribution in [3.8, 4) is 5.75 Å². The summed E-state index contributed by atoms with van der Waals surface area (Å²) >= 11 is 0. The summed E-state index contributed by atoms with van der Waals surface area (Å²) < 4.78 is 5.16. The third-order valence-electron chi connectivity index (χ3n) is 3.85. The predicted octanol–water partition coefficient (Wildman–Crippen LogP) is 3.91. The molecule has 6 nitrogen and oxygen atoms in total. The number of hydrogen-bond donors (Lipinski definition) is 1. The average Bonchev–Trinajstić information content (AvgIpc) is 2.54. The lowest BCUT2D eigenvalue weighted by Crippen LogP contribution is -2.07. The zero-order valence-corrected chi connectivity index (χ0v) is 13.6. The average molecular weight is 315 g/mol. The first kappa shape index (κ1) is 16.7. The summed E-state index contributed by atoms with van der Waals surface area (Å²) in [6, 6.07) is 9.76. The van der Waals surface area contributed by atoms with Crippen LogP contribution >= 0.6 is 0 Å². The molecule has 0 saturated carbocycles. The highest BCUT2D eigenvalue weighted by Gasteiger charge is 2.11. The molecule has 0 amide bonds. The molecule has 1 atom stereocenters. The maximum atomic E-state index is 10.8. The predicted molar refractivity (Wildman–Crippen MR) is 90.1 cm³/mol. The number of aryl methyl sites for hydroxylation is 1. The van der Waals surface area contributed by atoms with E-state index in [0.29, 0.717) is 17.3 Å². The number of anilines is 1. The molecular formula is C17H21N3O3. The maximum absolute atomic E-state index is 10.8. The van der Waals surface area contributed by atoms with Gasteiger partial charge in [-0.3, -0.25) is 10.1 Å².